The van der Waals surface area contributed by atoms with Gasteiger partial charge in [0.05, 0.1) is 18.8 Å². The minimum Gasteiger partial charge on any atom is -0.394 e. The monoisotopic (exact) mass is 502 g/mol. The number of imidazole rings is 1. The van der Waals surface area contributed by atoms with Crippen molar-refractivity contribution in [2.75, 3.05) is 18.9 Å². The molecule has 0 radical (unpaired) electrons. The van der Waals surface area contributed by atoms with Crippen LogP contribution in [0.15, 0.2) is 11.4 Å². The van der Waals surface area contributed by atoms with Crippen LogP contribution in [0.25, 0.3) is 21.6 Å². The summed E-state index contributed by atoms with van der Waals surface area (Å²) in [6, 6.07) is 0. The molecule has 2 aromatic rings. The first-order chi connectivity index (χ1) is 15.9. The highest BCUT2D eigenvalue weighted by atomic mass is 31.2. The third-order valence-electron chi connectivity index (χ3n) is 5.68. The lowest BCUT2D eigenvalue weighted by molar-refractivity contribution is -0.106. The van der Waals surface area contributed by atoms with Crippen molar-refractivity contribution in [3.8, 4) is 0 Å². The van der Waals surface area contributed by atoms with Crippen molar-refractivity contribution in [3.63, 3.8) is 0 Å². The van der Waals surface area contributed by atoms with E-state index in [-0.39, 0.29) is 42.4 Å². The average molecular weight is 502 g/mol. The van der Waals surface area contributed by atoms with Crippen LogP contribution < -0.4 is 5.73 Å². The normalized spacial score (nSPS) is 18.9. The number of anilines is 1. The number of hydrogen-bond acceptors (Lipinski definition) is 11. The van der Waals surface area contributed by atoms with Crippen LogP contribution in [-0.2, 0) is 13.8 Å². The molecule has 0 spiro atoms. The van der Waals surface area contributed by atoms with Crippen LogP contribution in [-0.4, -0.2) is 70.0 Å². The molecule has 16 heteroatoms. The minimum absolute atomic E-state index is 0.00270. The Morgan fingerprint density at radius 2 is 2.03 bits per heavy atom. The average Bonchev–Trinajstić information content (AvgIpc) is 3.15. The molecule has 0 amide bonds. The van der Waals surface area contributed by atoms with E-state index in [1.54, 1.807) is 20.8 Å². The fourth-order valence-corrected chi connectivity index (χ4v) is 4.40. The second kappa shape index (κ2) is 10.9. The number of aliphatic hydroxyl groups excluding tert-OH is 2. The van der Waals surface area contributed by atoms with E-state index >= 15 is 0 Å². The quantitative estimate of drug-likeness (QED) is 0.115. The Morgan fingerprint density at radius 3 is 2.59 bits per heavy atom. The molecule has 15 nitrogen and oxygen atoms in total. The van der Waals surface area contributed by atoms with Crippen LogP contribution in [0.4, 0.5) is 11.8 Å². The molecule has 2 unspecified atom stereocenters. The molecule has 0 saturated carbocycles. The van der Waals surface area contributed by atoms with E-state index in [0.29, 0.717) is 6.42 Å². The van der Waals surface area contributed by atoms with Gasteiger partial charge in [0.15, 0.2) is 28.6 Å². The van der Waals surface area contributed by atoms with Gasteiger partial charge in [-0.15, -0.1) is 0 Å². The fourth-order valence-electron chi connectivity index (χ4n) is 2.99. The summed E-state index contributed by atoms with van der Waals surface area (Å²) in [5.74, 6) is -0.223. The number of aliphatic hydroxyl groups is 3. The van der Waals surface area contributed by atoms with Gasteiger partial charge in [0.25, 0.3) is 0 Å². The summed E-state index contributed by atoms with van der Waals surface area (Å²) in [5, 5.41) is 31.8. The molecule has 6 N–H and O–H groups in total. The van der Waals surface area contributed by atoms with Crippen LogP contribution in [0, 0.1) is 0 Å². The first-order valence-electron chi connectivity index (χ1n) is 10.6. The Kier molecular flexibility index (Phi) is 8.97. The van der Waals surface area contributed by atoms with Crippen LogP contribution >= 0.6 is 7.60 Å². The number of rotatable bonds is 13. The Morgan fingerprint density at radius 1 is 1.35 bits per heavy atom. The van der Waals surface area contributed by atoms with Gasteiger partial charge < -0.3 is 35.2 Å². The van der Waals surface area contributed by atoms with Gasteiger partial charge in [0.2, 0.25) is 5.95 Å². The smallest absolute Gasteiger partial charge is 0.359 e. The largest absolute Gasteiger partial charge is 0.394 e. The Bertz CT molecular complexity index is 1090. The zero-order chi connectivity index (χ0) is 25.7. The first kappa shape index (κ1) is 27.9. The topological polar surface area (TPSA) is 235 Å². The van der Waals surface area contributed by atoms with Crippen LogP contribution in [0.3, 0.4) is 0 Å². The molecule has 2 rings (SSSR count). The van der Waals surface area contributed by atoms with Crippen molar-refractivity contribution < 1.29 is 34.0 Å². The second-order valence-electron chi connectivity index (χ2n) is 8.15. The molecule has 2 heterocycles. The van der Waals surface area contributed by atoms with Crippen LogP contribution in [0.5, 0.6) is 0 Å². The third kappa shape index (κ3) is 5.82. The number of hydrogen-bond donors (Lipinski definition) is 5. The molecule has 0 fully saturated rings. The first-order valence-corrected chi connectivity index (χ1v) is 12.1. The SMILES string of the molecule is CCC(C)(CCO[C@H]([C@H](O)CO)n1c(N=[N+]=[N-])nc2c(N)ncnc21)OP(=O)(O)[C@@](C)(O)CC. The predicted molar refractivity (Wildman–Crippen MR) is 122 cm³/mol. The van der Waals surface area contributed by atoms with Crippen molar-refractivity contribution in [3.05, 3.63) is 16.8 Å². The number of nitrogens with two attached hydrogens (primary N) is 1. The standard InChI is InChI=1S/C18H31N8O7P/c1-5-17(3,33-34(30,31)18(4,29)6-2)7-8-32-15(11(28)9-27)26-14-12(13(19)21-10-22-14)23-16(26)24-25-20/h10-11,15,27-29H,5-9H2,1-4H3,(H,30,31)(H2,19,21,22)/t11-,15-,17?,18-/m1/s1. The van der Waals surface area contributed by atoms with Crippen molar-refractivity contribution in [2.45, 2.75) is 70.2 Å². The predicted octanol–water partition coefficient (Wildman–Crippen LogP) is 2.10. The number of fused-ring (bicyclic) bond motifs is 1. The zero-order valence-electron chi connectivity index (χ0n) is 19.4. The van der Waals surface area contributed by atoms with Gasteiger partial charge in [-0.05, 0) is 37.3 Å². The maximum absolute atomic E-state index is 12.7. The molecule has 2 aromatic heterocycles. The van der Waals surface area contributed by atoms with Crippen molar-refractivity contribution >= 4 is 30.5 Å². The summed E-state index contributed by atoms with van der Waals surface area (Å²) < 4.78 is 25.1. The number of azide groups is 1. The molecule has 0 aromatic carbocycles. The summed E-state index contributed by atoms with van der Waals surface area (Å²) in [4.78, 5) is 25.0. The van der Waals surface area contributed by atoms with Gasteiger partial charge in [-0.2, -0.15) is 0 Å². The molecule has 0 aliphatic rings. The summed E-state index contributed by atoms with van der Waals surface area (Å²) >= 11 is 0. The fraction of sp³-hybridized carbons (Fsp3) is 0.722. The second-order valence-corrected chi connectivity index (χ2v) is 10.3. The lowest BCUT2D eigenvalue weighted by atomic mass is 10.0. The third-order valence-corrected chi connectivity index (χ3v) is 7.90. The zero-order valence-corrected chi connectivity index (χ0v) is 20.3. The lowest BCUT2D eigenvalue weighted by Gasteiger charge is -2.36. The molecule has 190 valence electrons. The Balaban J connectivity index is 2.34. The summed E-state index contributed by atoms with van der Waals surface area (Å²) in [7, 11) is -4.42. The molecular formula is C18H31N8O7P. The maximum Gasteiger partial charge on any atom is 0.359 e. The van der Waals surface area contributed by atoms with Gasteiger partial charge >= 0.3 is 7.60 Å². The van der Waals surface area contributed by atoms with Crippen molar-refractivity contribution in [2.24, 2.45) is 5.11 Å². The highest BCUT2D eigenvalue weighted by molar-refractivity contribution is 7.54. The number of nitrogen functional groups attached to an aromatic ring is 1. The van der Waals surface area contributed by atoms with E-state index in [1.807, 2.05) is 0 Å². The summed E-state index contributed by atoms with van der Waals surface area (Å²) in [5.41, 5.74) is 13.8. The van der Waals surface area contributed by atoms with Crippen LogP contribution in [0.1, 0.15) is 53.2 Å². The highest BCUT2D eigenvalue weighted by Gasteiger charge is 2.46. The number of ether oxygens (including phenoxy) is 1. The molecule has 5 atom stereocenters. The van der Waals surface area contributed by atoms with E-state index < -0.39 is 37.5 Å². The molecule has 0 aliphatic carbocycles. The summed E-state index contributed by atoms with van der Waals surface area (Å²) in [6.07, 6.45) is -1.27. The Hall–Kier alpha value is -2.35. The van der Waals surface area contributed by atoms with E-state index in [9.17, 15) is 24.8 Å². The van der Waals surface area contributed by atoms with Crippen molar-refractivity contribution in [1.29, 1.82) is 0 Å². The Labute approximate surface area is 195 Å². The molecule has 34 heavy (non-hydrogen) atoms. The van der Waals surface area contributed by atoms with Crippen LogP contribution in [0.2, 0.25) is 0 Å². The van der Waals surface area contributed by atoms with Crippen molar-refractivity contribution in [1.82, 2.24) is 19.5 Å². The maximum atomic E-state index is 12.7. The number of nitrogens with zero attached hydrogens (tertiary/aromatic N) is 7. The van der Waals surface area contributed by atoms with E-state index in [2.05, 4.69) is 25.0 Å². The van der Waals surface area contributed by atoms with E-state index in [4.69, 9.17) is 20.5 Å². The number of aromatic nitrogens is 4. The molecular weight excluding hydrogens is 471 g/mol. The van der Waals surface area contributed by atoms with Gasteiger partial charge in [-0.3, -0.25) is 9.13 Å². The van der Waals surface area contributed by atoms with Gasteiger partial charge in [-0.1, -0.05) is 13.8 Å². The molecule has 0 aliphatic heterocycles. The van der Waals surface area contributed by atoms with E-state index in [1.165, 1.54) is 11.5 Å². The lowest BCUT2D eigenvalue weighted by Crippen LogP contribution is -2.35. The highest BCUT2D eigenvalue weighted by Crippen LogP contribution is 2.58. The van der Waals surface area contributed by atoms with E-state index in [0.717, 1.165) is 6.33 Å². The van der Waals surface area contributed by atoms with Gasteiger partial charge in [0, 0.05) is 11.3 Å². The summed E-state index contributed by atoms with van der Waals surface area (Å²) in [6.45, 7) is 5.27. The molecule has 0 saturated heterocycles. The van der Waals surface area contributed by atoms with Gasteiger partial charge in [-0.25, -0.2) is 15.0 Å². The van der Waals surface area contributed by atoms with Gasteiger partial charge in [0.1, 0.15) is 12.4 Å². The molecule has 0 bridgehead atoms. The minimum atomic E-state index is -4.42.